The van der Waals surface area contributed by atoms with Crippen LogP contribution in [-0.4, -0.2) is 86.2 Å². The molecule has 11 nitrogen and oxygen atoms in total. The summed E-state index contributed by atoms with van der Waals surface area (Å²) in [6.45, 7) is 6.03. The number of nitrogens with one attached hydrogen (secondary N) is 2. The zero-order chi connectivity index (χ0) is 32.6. The molecule has 2 aliphatic heterocycles. The molecule has 2 atom stereocenters. The van der Waals surface area contributed by atoms with Crippen molar-refractivity contribution in [3.8, 4) is 11.5 Å². The summed E-state index contributed by atoms with van der Waals surface area (Å²) in [5.74, 6) is 0.407. The molecule has 2 fully saturated rings. The number of piperazine rings is 1. The number of carbonyl (C=O) groups is 1. The molecular formula is C34H38Cl2N6O5. The minimum atomic E-state index is -1.10. The van der Waals surface area contributed by atoms with Gasteiger partial charge in [0.15, 0.2) is 0 Å². The predicted molar refractivity (Wildman–Crippen MR) is 182 cm³/mol. The van der Waals surface area contributed by atoms with Gasteiger partial charge in [0.05, 0.1) is 31.6 Å². The molecule has 2 N–H and O–H groups in total. The second kappa shape index (κ2) is 15.3. The summed E-state index contributed by atoms with van der Waals surface area (Å²) in [5.41, 5.74) is 2.57. The molecule has 47 heavy (non-hydrogen) atoms. The van der Waals surface area contributed by atoms with Gasteiger partial charge in [0.2, 0.25) is 5.79 Å². The van der Waals surface area contributed by atoms with Crippen molar-refractivity contribution >= 4 is 40.6 Å². The maximum Gasteiger partial charge on any atom is 0.319 e. The van der Waals surface area contributed by atoms with Crippen LogP contribution < -0.4 is 25.0 Å². The minimum absolute atomic E-state index is 0.220. The zero-order valence-electron chi connectivity index (χ0n) is 26.1. The van der Waals surface area contributed by atoms with Gasteiger partial charge >= 0.3 is 6.03 Å². The molecule has 2 saturated heterocycles. The van der Waals surface area contributed by atoms with E-state index in [2.05, 4.69) is 37.6 Å². The Morgan fingerprint density at radius 3 is 2.49 bits per heavy atom. The lowest BCUT2D eigenvalue weighted by Crippen LogP contribution is -2.48. The standard InChI is InChI=1S/C34H38Cl2N6O5/c1-44-28-7-3-26(4-8-28)39-33(43)38-13-15-40-16-18-42(19-17-40)27-5-9-29(10-6-27)45-21-30-22-46-34(47-30,23-41-14-12-37-24-41)31-11-2-25(35)20-32(31)36/h2-12,14,20,24,30H,13,15-19,21-23H2,1H3,(H2,38,39,43). The highest BCUT2D eigenvalue weighted by atomic mass is 35.5. The molecule has 1 aromatic heterocycles. The lowest BCUT2D eigenvalue weighted by Gasteiger charge is -2.36. The van der Waals surface area contributed by atoms with Crippen molar-refractivity contribution < 1.29 is 23.7 Å². The van der Waals surface area contributed by atoms with E-state index in [-0.39, 0.29) is 12.1 Å². The number of urea groups is 1. The first-order chi connectivity index (χ1) is 22.9. The highest BCUT2D eigenvalue weighted by Gasteiger charge is 2.45. The van der Waals surface area contributed by atoms with Crippen LogP contribution in [0.2, 0.25) is 10.0 Å². The number of amides is 2. The van der Waals surface area contributed by atoms with Gasteiger partial charge in [0.25, 0.3) is 0 Å². The first-order valence-electron chi connectivity index (χ1n) is 15.5. The maximum atomic E-state index is 12.2. The molecule has 0 radical (unpaired) electrons. The number of methoxy groups -OCH3 is 1. The molecule has 0 saturated carbocycles. The van der Waals surface area contributed by atoms with Crippen molar-refractivity contribution in [1.29, 1.82) is 0 Å². The molecular weight excluding hydrogens is 643 g/mol. The first kappa shape index (κ1) is 32.9. The topological polar surface area (TPSA) is 102 Å². The Bertz CT molecular complexity index is 1600. The summed E-state index contributed by atoms with van der Waals surface area (Å²) in [4.78, 5) is 21.1. The Kier molecular flexibility index (Phi) is 10.7. The van der Waals surface area contributed by atoms with E-state index in [1.807, 2.05) is 53.2 Å². The van der Waals surface area contributed by atoms with Gasteiger partial charge in [-0.1, -0.05) is 29.3 Å². The number of hydrogen-bond acceptors (Lipinski definition) is 8. The number of rotatable bonds is 12. The molecule has 13 heteroatoms. The summed E-state index contributed by atoms with van der Waals surface area (Å²) in [6.07, 6.45) is 4.98. The summed E-state index contributed by atoms with van der Waals surface area (Å²) in [7, 11) is 1.61. The van der Waals surface area contributed by atoms with Crippen LogP contribution in [0.15, 0.2) is 85.5 Å². The van der Waals surface area contributed by atoms with Crippen molar-refractivity contribution in [2.75, 3.05) is 69.8 Å². The van der Waals surface area contributed by atoms with Crippen molar-refractivity contribution in [2.45, 2.75) is 18.4 Å². The first-order valence-corrected chi connectivity index (χ1v) is 16.3. The second-order valence-corrected chi connectivity index (χ2v) is 12.2. The summed E-state index contributed by atoms with van der Waals surface area (Å²) in [5, 5.41) is 6.79. The quantitative estimate of drug-likeness (QED) is 0.203. The van der Waals surface area contributed by atoms with Crippen molar-refractivity contribution in [2.24, 2.45) is 0 Å². The van der Waals surface area contributed by atoms with Gasteiger partial charge in [-0.25, -0.2) is 9.78 Å². The summed E-state index contributed by atoms with van der Waals surface area (Å²) >= 11 is 12.7. The molecule has 2 aliphatic rings. The fourth-order valence-corrected chi connectivity index (χ4v) is 6.28. The van der Waals surface area contributed by atoms with Crippen LogP contribution in [0.4, 0.5) is 16.2 Å². The number of anilines is 2. The Morgan fingerprint density at radius 1 is 1.02 bits per heavy atom. The number of aromatic nitrogens is 2. The Balaban J connectivity index is 0.939. The molecule has 248 valence electrons. The third-order valence-electron chi connectivity index (χ3n) is 8.22. The molecule has 6 rings (SSSR count). The van der Waals surface area contributed by atoms with Crippen molar-refractivity contribution in [3.05, 3.63) is 101 Å². The van der Waals surface area contributed by atoms with Gasteiger partial charge in [0, 0.05) is 73.6 Å². The van der Waals surface area contributed by atoms with Crippen LogP contribution >= 0.6 is 23.2 Å². The van der Waals surface area contributed by atoms with Gasteiger partial charge in [-0.05, 0) is 60.7 Å². The third kappa shape index (κ3) is 8.48. The van der Waals surface area contributed by atoms with Gasteiger partial charge in [0.1, 0.15) is 24.2 Å². The lowest BCUT2D eigenvalue weighted by molar-refractivity contribution is -0.189. The van der Waals surface area contributed by atoms with Crippen LogP contribution in [-0.2, 0) is 21.8 Å². The van der Waals surface area contributed by atoms with E-state index in [4.69, 9.17) is 42.1 Å². The molecule has 0 aliphatic carbocycles. The largest absolute Gasteiger partial charge is 0.497 e. The van der Waals surface area contributed by atoms with Gasteiger partial charge < -0.3 is 39.0 Å². The van der Waals surface area contributed by atoms with E-state index in [1.54, 1.807) is 31.8 Å². The number of halogens is 2. The lowest BCUT2D eigenvalue weighted by atomic mass is 10.1. The van der Waals surface area contributed by atoms with E-state index in [0.29, 0.717) is 41.9 Å². The molecule has 0 bridgehead atoms. The summed E-state index contributed by atoms with van der Waals surface area (Å²) < 4.78 is 25.9. The van der Waals surface area contributed by atoms with Gasteiger partial charge in [-0.15, -0.1) is 0 Å². The maximum absolute atomic E-state index is 12.2. The number of imidazole rings is 1. The predicted octanol–water partition coefficient (Wildman–Crippen LogP) is 5.49. The number of ether oxygens (including phenoxy) is 4. The second-order valence-electron chi connectivity index (χ2n) is 11.4. The monoisotopic (exact) mass is 680 g/mol. The van der Waals surface area contributed by atoms with E-state index < -0.39 is 5.79 Å². The van der Waals surface area contributed by atoms with Crippen LogP contribution in [0.25, 0.3) is 0 Å². The van der Waals surface area contributed by atoms with Crippen LogP contribution in [0.1, 0.15) is 5.56 Å². The fourth-order valence-electron chi connectivity index (χ4n) is 5.72. The van der Waals surface area contributed by atoms with E-state index in [0.717, 1.165) is 55.6 Å². The number of nitrogens with zero attached hydrogens (tertiary/aromatic N) is 4. The highest BCUT2D eigenvalue weighted by molar-refractivity contribution is 6.35. The molecule has 3 aromatic carbocycles. The molecule has 0 spiro atoms. The van der Waals surface area contributed by atoms with E-state index in [9.17, 15) is 4.79 Å². The summed E-state index contributed by atoms with van der Waals surface area (Å²) in [6, 6.07) is 20.5. The Labute approximate surface area is 284 Å². The average molecular weight is 682 g/mol. The average Bonchev–Trinajstić information content (AvgIpc) is 3.75. The van der Waals surface area contributed by atoms with E-state index >= 15 is 0 Å². The minimum Gasteiger partial charge on any atom is -0.497 e. The van der Waals surface area contributed by atoms with E-state index in [1.165, 1.54) is 0 Å². The zero-order valence-corrected chi connectivity index (χ0v) is 27.6. The number of benzene rings is 3. The SMILES string of the molecule is COc1ccc(NC(=O)NCCN2CCN(c3ccc(OCC4COC(Cn5ccnc5)(c5ccc(Cl)cc5Cl)O4)cc3)CC2)cc1. The normalized spacial score (nSPS) is 19.8. The smallest absolute Gasteiger partial charge is 0.319 e. The van der Waals surface area contributed by atoms with Crippen molar-refractivity contribution in [1.82, 2.24) is 19.8 Å². The number of carbonyl (C=O) groups excluding carboxylic acids is 1. The molecule has 2 amide bonds. The van der Waals surface area contributed by atoms with Gasteiger partial charge in [-0.3, -0.25) is 4.90 Å². The van der Waals surface area contributed by atoms with Crippen molar-refractivity contribution in [3.63, 3.8) is 0 Å². The Morgan fingerprint density at radius 2 is 1.79 bits per heavy atom. The van der Waals surface area contributed by atoms with Crippen LogP contribution in [0.3, 0.4) is 0 Å². The van der Waals surface area contributed by atoms with Gasteiger partial charge in [-0.2, -0.15) is 0 Å². The third-order valence-corrected chi connectivity index (χ3v) is 8.77. The number of hydrogen-bond donors (Lipinski definition) is 2. The highest BCUT2D eigenvalue weighted by Crippen LogP contribution is 2.40. The van der Waals surface area contributed by atoms with Crippen LogP contribution in [0.5, 0.6) is 11.5 Å². The Hall–Kier alpha value is -4.00. The molecule has 4 aromatic rings. The fraction of sp³-hybridized carbons (Fsp3) is 0.353. The molecule has 3 heterocycles. The van der Waals surface area contributed by atoms with Crippen LogP contribution in [0, 0.1) is 0 Å². The molecule has 2 unspecified atom stereocenters.